The van der Waals surface area contributed by atoms with Crippen molar-refractivity contribution in [3.8, 4) is 0 Å². The molecule has 0 rings (SSSR count). The van der Waals surface area contributed by atoms with Crippen LogP contribution in [0, 0.1) is 11.8 Å². The SMILES string of the molecule is CCCCCCCCCCCCCCCC(=O)OCCCCCCCCCCCCCCC(CC(CCCCCCCCCCCCCCOC(=O)CCCCCCCCCCCCCCC)C(=O)O)C(=O)O. The maximum Gasteiger partial charge on any atom is 0.306 e. The van der Waals surface area contributed by atoms with Gasteiger partial charge in [0.2, 0.25) is 0 Å². The van der Waals surface area contributed by atoms with Crippen LogP contribution in [-0.2, 0) is 28.7 Å². The summed E-state index contributed by atoms with van der Waals surface area (Å²) >= 11 is 0. The van der Waals surface area contributed by atoms with E-state index in [2.05, 4.69) is 13.8 Å². The maximum atomic E-state index is 12.1. The van der Waals surface area contributed by atoms with Crippen molar-refractivity contribution in [3.05, 3.63) is 0 Å². The van der Waals surface area contributed by atoms with Crippen molar-refractivity contribution >= 4 is 23.9 Å². The van der Waals surface area contributed by atoms with Crippen LogP contribution in [0.5, 0.6) is 0 Å². The molecule has 8 heteroatoms. The summed E-state index contributed by atoms with van der Waals surface area (Å²) in [6.45, 7) is 5.68. The maximum absolute atomic E-state index is 12.1. The molecule has 0 aromatic heterocycles. The van der Waals surface area contributed by atoms with Crippen LogP contribution in [0.2, 0.25) is 0 Å². The average molecular weight is 1030 g/mol. The number of esters is 2. The van der Waals surface area contributed by atoms with Gasteiger partial charge in [-0.2, -0.15) is 0 Å². The second-order valence-corrected chi connectivity index (χ2v) is 22.8. The Hall–Kier alpha value is -2.12. The Balaban J connectivity index is 3.61. The van der Waals surface area contributed by atoms with Crippen molar-refractivity contribution < 1.29 is 38.9 Å². The number of hydrogen-bond acceptors (Lipinski definition) is 6. The molecule has 0 aromatic rings. The van der Waals surface area contributed by atoms with Crippen molar-refractivity contribution in [2.75, 3.05) is 13.2 Å². The lowest BCUT2D eigenvalue weighted by molar-refractivity contribution is -0.147. The molecule has 0 saturated heterocycles. The summed E-state index contributed by atoms with van der Waals surface area (Å²) in [4.78, 5) is 48.2. The van der Waals surface area contributed by atoms with Gasteiger partial charge in [-0.25, -0.2) is 0 Å². The highest BCUT2D eigenvalue weighted by molar-refractivity contribution is 5.73. The summed E-state index contributed by atoms with van der Waals surface area (Å²) in [5.41, 5.74) is 0. The van der Waals surface area contributed by atoms with E-state index in [1.54, 1.807) is 0 Å². The molecule has 0 saturated carbocycles. The van der Waals surface area contributed by atoms with Gasteiger partial charge >= 0.3 is 23.9 Å². The lowest BCUT2D eigenvalue weighted by Gasteiger charge is -2.18. The van der Waals surface area contributed by atoms with Crippen LogP contribution in [-0.4, -0.2) is 47.3 Å². The normalized spacial score (nSPS) is 12.3. The molecule has 0 amide bonds. The second-order valence-electron chi connectivity index (χ2n) is 22.8. The van der Waals surface area contributed by atoms with Crippen molar-refractivity contribution in [2.24, 2.45) is 11.8 Å². The van der Waals surface area contributed by atoms with E-state index in [9.17, 15) is 29.4 Å². The Morgan fingerprint density at radius 3 is 0.685 bits per heavy atom. The molecular formula is C65H124O8. The molecule has 0 aliphatic carbocycles. The number of carbonyl (C=O) groups is 4. The zero-order chi connectivity index (χ0) is 53.2. The first-order valence-electron chi connectivity index (χ1n) is 32.6. The van der Waals surface area contributed by atoms with Crippen LogP contribution >= 0.6 is 0 Å². The van der Waals surface area contributed by atoms with Crippen LogP contribution in [0.15, 0.2) is 0 Å². The van der Waals surface area contributed by atoms with Gasteiger partial charge in [0.15, 0.2) is 0 Å². The molecule has 2 N–H and O–H groups in total. The van der Waals surface area contributed by atoms with Gasteiger partial charge < -0.3 is 19.7 Å². The third-order valence-corrected chi connectivity index (χ3v) is 15.7. The highest BCUT2D eigenvalue weighted by Crippen LogP contribution is 2.25. The summed E-state index contributed by atoms with van der Waals surface area (Å²) in [5.74, 6) is -2.86. The van der Waals surface area contributed by atoms with Crippen molar-refractivity contribution in [2.45, 2.75) is 367 Å². The predicted octanol–water partition coefficient (Wildman–Crippen LogP) is 21.0. The molecule has 8 nitrogen and oxygen atoms in total. The second kappa shape index (κ2) is 59.1. The number of carboxylic acids is 2. The fraction of sp³-hybridized carbons (Fsp3) is 0.938. The molecule has 73 heavy (non-hydrogen) atoms. The number of aliphatic carboxylic acids is 2. The first-order valence-corrected chi connectivity index (χ1v) is 32.6. The highest BCUT2D eigenvalue weighted by atomic mass is 16.5. The molecule has 2 atom stereocenters. The van der Waals surface area contributed by atoms with E-state index in [0.717, 1.165) is 89.9 Å². The molecule has 0 heterocycles. The zero-order valence-corrected chi connectivity index (χ0v) is 48.8. The fourth-order valence-electron chi connectivity index (χ4n) is 10.6. The first kappa shape index (κ1) is 70.9. The molecule has 2 unspecified atom stereocenters. The Kier molecular flexibility index (Phi) is 57.4. The minimum Gasteiger partial charge on any atom is -0.481 e. The Morgan fingerprint density at radius 1 is 0.274 bits per heavy atom. The number of ether oxygens (including phenoxy) is 2. The molecule has 0 aromatic carbocycles. The van der Waals surface area contributed by atoms with E-state index in [4.69, 9.17) is 9.47 Å². The third-order valence-electron chi connectivity index (χ3n) is 15.7. The van der Waals surface area contributed by atoms with Gasteiger partial charge in [-0.05, 0) is 44.9 Å². The summed E-state index contributed by atoms with van der Waals surface area (Å²) in [7, 11) is 0. The number of hydrogen-bond donors (Lipinski definition) is 2. The van der Waals surface area contributed by atoms with E-state index in [-0.39, 0.29) is 18.4 Å². The van der Waals surface area contributed by atoms with E-state index in [1.165, 1.54) is 231 Å². The van der Waals surface area contributed by atoms with Gasteiger partial charge in [-0.3, -0.25) is 19.2 Å². The average Bonchev–Trinajstić information content (AvgIpc) is 3.37. The van der Waals surface area contributed by atoms with Gasteiger partial charge in [0.25, 0.3) is 0 Å². The van der Waals surface area contributed by atoms with Crippen molar-refractivity contribution in [3.63, 3.8) is 0 Å². The monoisotopic (exact) mass is 1030 g/mol. The van der Waals surface area contributed by atoms with E-state index in [1.807, 2.05) is 0 Å². The predicted molar refractivity (Wildman–Crippen MR) is 309 cm³/mol. The smallest absolute Gasteiger partial charge is 0.306 e. The molecule has 0 radical (unpaired) electrons. The number of carboxylic acid groups (broad SMARTS) is 2. The molecule has 0 aliphatic heterocycles. The van der Waals surface area contributed by atoms with E-state index < -0.39 is 23.8 Å². The summed E-state index contributed by atoms with van der Waals surface area (Å²) in [6, 6.07) is 0. The number of unbranched alkanes of at least 4 members (excludes halogenated alkanes) is 46. The largest absolute Gasteiger partial charge is 0.481 e. The minimum absolute atomic E-state index is 0.0209. The van der Waals surface area contributed by atoms with Gasteiger partial charge in [0.05, 0.1) is 25.0 Å². The third kappa shape index (κ3) is 55.9. The summed E-state index contributed by atoms with van der Waals surface area (Å²) in [6.07, 6.45) is 64.1. The summed E-state index contributed by atoms with van der Waals surface area (Å²) < 4.78 is 10.9. The van der Waals surface area contributed by atoms with Crippen LogP contribution in [0.1, 0.15) is 367 Å². The summed E-state index contributed by atoms with van der Waals surface area (Å²) in [5, 5.41) is 19.8. The topological polar surface area (TPSA) is 127 Å². The Labute approximate surface area is 453 Å². The molecule has 0 bridgehead atoms. The van der Waals surface area contributed by atoms with E-state index in [0.29, 0.717) is 38.9 Å². The minimum atomic E-state index is -0.844. The van der Waals surface area contributed by atoms with Crippen LogP contribution < -0.4 is 0 Å². The van der Waals surface area contributed by atoms with Crippen LogP contribution in [0.25, 0.3) is 0 Å². The quantitative estimate of drug-likeness (QED) is 0.0455. The van der Waals surface area contributed by atoms with Gasteiger partial charge in [-0.1, -0.05) is 309 Å². The Bertz CT molecular complexity index is 1090. The van der Waals surface area contributed by atoms with Gasteiger partial charge in [-0.15, -0.1) is 0 Å². The highest BCUT2D eigenvalue weighted by Gasteiger charge is 2.26. The lowest BCUT2D eigenvalue weighted by Crippen LogP contribution is -2.23. The number of rotatable bonds is 62. The lowest BCUT2D eigenvalue weighted by atomic mass is 9.87. The zero-order valence-electron chi connectivity index (χ0n) is 48.8. The standard InChI is InChI=1S/C65H124O8/c1-3-5-7-9-11-13-15-17-25-31-37-43-49-55-62(66)72-57-51-45-39-33-27-21-19-23-29-35-41-47-53-60(64(68)69)59-61(65(70)71)54-48-42-36-30-24-20-22-28-34-40-46-52-58-73-63(67)56-50-44-38-32-26-18-16-14-12-10-8-6-4-2/h60-61H,3-59H2,1-2H3,(H,68,69)(H,70,71). The fourth-order valence-corrected chi connectivity index (χ4v) is 10.6. The number of carbonyl (C=O) groups excluding carboxylic acids is 2. The molecule has 0 fully saturated rings. The van der Waals surface area contributed by atoms with Crippen LogP contribution in [0.4, 0.5) is 0 Å². The Morgan fingerprint density at radius 2 is 0.466 bits per heavy atom. The van der Waals surface area contributed by atoms with Gasteiger partial charge in [0, 0.05) is 12.8 Å². The van der Waals surface area contributed by atoms with Crippen LogP contribution in [0.3, 0.4) is 0 Å². The first-order chi connectivity index (χ1) is 35.8. The molecular weight excluding hydrogens is 909 g/mol. The van der Waals surface area contributed by atoms with Crippen molar-refractivity contribution in [1.29, 1.82) is 0 Å². The van der Waals surface area contributed by atoms with Gasteiger partial charge in [0.1, 0.15) is 0 Å². The van der Waals surface area contributed by atoms with Crippen molar-refractivity contribution in [1.82, 2.24) is 0 Å². The molecule has 0 aliphatic rings. The molecule has 432 valence electrons. The van der Waals surface area contributed by atoms with E-state index >= 15 is 0 Å². The molecule has 0 spiro atoms.